The lowest BCUT2D eigenvalue weighted by atomic mass is 10.1. The first-order valence-corrected chi connectivity index (χ1v) is 5.90. The van der Waals surface area contributed by atoms with E-state index in [2.05, 4.69) is 4.98 Å². The predicted molar refractivity (Wildman–Crippen MR) is 63.0 cm³/mol. The third-order valence-corrected chi connectivity index (χ3v) is 3.97. The summed E-state index contributed by atoms with van der Waals surface area (Å²) in [5.41, 5.74) is 7.43. The fourth-order valence-electron chi connectivity index (χ4n) is 1.96. The number of rotatable bonds is 2. The van der Waals surface area contributed by atoms with Crippen LogP contribution in [0.4, 0.5) is 5.69 Å². The first-order chi connectivity index (χ1) is 7.68. The Bertz CT molecular complexity index is 587. The smallest absolute Gasteiger partial charge is 0.348 e. The summed E-state index contributed by atoms with van der Waals surface area (Å²) in [4.78, 5) is 16.1. The fraction of sp³-hybridized carbons (Fsp3) is 0.273. The Morgan fingerprint density at radius 1 is 1.56 bits per heavy atom. The lowest BCUT2D eigenvalue weighted by molar-refractivity contribution is 0.0703. The van der Waals surface area contributed by atoms with Gasteiger partial charge in [-0.25, -0.2) is 9.78 Å². The standard InChI is InChI=1S/C11H10N2O2S/c12-8-7-6(5-1-2-5)3-4-13-10(7)16-9(8)11(14)15/h3-5H,1-2,12H2,(H,14,15). The normalized spacial score (nSPS) is 15.5. The van der Waals surface area contributed by atoms with E-state index >= 15 is 0 Å². The second kappa shape index (κ2) is 3.18. The molecule has 2 heterocycles. The predicted octanol–water partition coefficient (Wildman–Crippen LogP) is 2.45. The highest BCUT2D eigenvalue weighted by molar-refractivity contribution is 7.21. The Kier molecular flexibility index (Phi) is 1.91. The zero-order chi connectivity index (χ0) is 11.3. The Morgan fingerprint density at radius 2 is 2.31 bits per heavy atom. The Hall–Kier alpha value is -1.62. The van der Waals surface area contributed by atoms with E-state index < -0.39 is 5.97 Å². The molecule has 16 heavy (non-hydrogen) atoms. The van der Waals surface area contributed by atoms with E-state index in [9.17, 15) is 4.79 Å². The first-order valence-electron chi connectivity index (χ1n) is 5.08. The molecule has 1 aliphatic carbocycles. The average Bonchev–Trinajstić information content (AvgIpc) is 3.03. The van der Waals surface area contributed by atoms with Crippen molar-refractivity contribution in [1.29, 1.82) is 0 Å². The number of nitrogen functional groups attached to an aromatic ring is 1. The van der Waals surface area contributed by atoms with E-state index in [0.717, 1.165) is 40.0 Å². The number of nitrogens with zero attached hydrogens (tertiary/aromatic N) is 1. The van der Waals surface area contributed by atoms with Gasteiger partial charge in [0.1, 0.15) is 9.71 Å². The summed E-state index contributed by atoms with van der Waals surface area (Å²) in [6.45, 7) is 0. The van der Waals surface area contributed by atoms with Gasteiger partial charge in [-0.05, 0) is 30.4 Å². The molecule has 1 fully saturated rings. The van der Waals surface area contributed by atoms with Crippen molar-refractivity contribution in [2.75, 3.05) is 5.73 Å². The molecule has 0 saturated heterocycles. The molecular formula is C11H10N2O2S. The molecule has 3 N–H and O–H groups in total. The zero-order valence-corrected chi connectivity index (χ0v) is 9.25. The van der Waals surface area contributed by atoms with Crippen LogP contribution < -0.4 is 5.73 Å². The summed E-state index contributed by atoms with van der Waals surface area (Å²) in [5.74, 6) is -0.425. The summed E-state index contributed by atoms with van der Waals surface area (Å²) < 4.78 is 0. The van der Waals surface area contributed by atoms with E-state index in [1.807, 2.05) is 6.07 Å². The van der Waals surface area contributed by atoms with E-state index in [1.54, 1.807) is 6.20 Å². The number of carboxylic acids is 1. The number of aromatic nitrogens is 1. The number of aromatic carboxylic acids is 1. The fourth-order valence-corrected chi connectivity index (χ4v) is 2.90. The molecule has 4 nitrogen and oxygen atoms in total. The van der Waals surface area contributed by atoms with Crippen LogP contribution in [-0.2, 0) is 0 Å². The largest absolute Gasteiger partial charge is 0.477 e. The number of fused-ring (bicyclic) bond motifs is 1. The zero-order valence-electron chi connectivity index (χ0n) is 8.43. The molecule has 0 radical (unpaired) electrons. The van der Waals surface area contributed by atoms with Gasteiger partial charge < -0.3 is 10.8 Å². The molecule has 0 atom stereocenters. The molecular weight excluding hydrogens is 224 g/mol. The summed E-state index contributed by atoms with van der Waals surface area (Å²) in [5, 5.41) is 9.87. The van der Waals surface area contributed by atoms with Gasteiger partial charge in [0.15, 0.2) is 0 Å². The van der Waals surface area contributed by atoms with Gasteiger partial charge in [-0.15, -0.1) is 11.3 Å². The number of thiophene rings is 1. The monoisotopic (exact) mass is 234 g/mol. The van der Waals surface area contributed by atoms with Gasteiger partial charge in [0.2, 0.25) is 0 Å². The minimum absolute atomic E-state index is 0.204. The maximum absolute atomic E-state index is 11.0. The van der Waals surface area contributed by atoms with Crippen molar-refractivity contribution in [3.8, 4) is 0 Å². The van der Waals surface area contributed by atoms with Gasteiger partial charge in [-0.3, -0.25) is 0 Å². The molecule has 2 aromatic rings. The number of anilines is 1. The van der Waals surface area contributed by atoms with Crippen LogP contribution in [-0.4, -0.2) is 16.1 Å². The molecule has 3 rings (SSSR count). The van der Waals surface area contributed by atoms with Crippen molar-refractivity contribution in [1.82, 2.24) is 4.98 Å². The minimum Gasteiger partial charge on any atom is -0.477 e. The molecule has 82 valence electrons. The second-order valence-electron chi connectivity index (χ2n) is 4.00. The topological polar surface area (TPSA) is 76.2 Å². The van der Waals surface area contributed by atoms with Crippen molar-refractivity contribution in [2.24, 2.45) is 0 Å². The van der Waals surface area contributed by atoms with Gasteiger partial charge in [0.25, 0.3) is 0 Å². The number of carboxylic acid groups (broad SMARTS) is 1. The lowest BCUT2D eigenvalue weighted by Gasteiger charge is -2.00. The summed E-state index contributed by atoms with van der Waals surface area (Å²) >= 11 is 1.16. The van der Waals surface area contributed by atoms with E-state index in [0.29, 0.717) is 11.6 Å². The van der Waals surface area contributed by atoms with E-state index in [4.69, 9.17) is 10.8 Å². The van der Waals surface area contributed by atoms with Crippen LogP contribution in [0.15, 0.2) is 12.3 Å². The third kappa shape index (κ3) is 1.28. The second-order valence-corrected chi connectivity index (χ2v) is 5.00. The molecule has 0 spiro atoms. The SMILES string of the molecule is Nc1c(C(=O)O)sc2nccc(C3CC3)c12. The molecule has 5 heteroatoms. The molecule has 0 aromatic carbocycles. The highest BCUT2D eigenvalue weighted by atomic mass is 32.1. The highest BCUT2D eigenvalue weighted by Crippen LogP contribution is 2.46. The number of hydrogen-bond acceptors (Lipinski definition) is 4. The molecule has 2 aromatic heterocycles. The van der Waals surface area contributed by atoms with E-state index in [1.165, 1.54) is 0 Å². The maximum Gasteiger partial charge on any atom is 0.348 e. The van der Waals surface area contributed by atoms with Gasteiger partial charge >= 0.3 is 5.97 Å². The van der Waals surface area contributed by atoms with Gasteiger partial charge in [0, 0.05) is 11.6 Å². The molecule has 0 aliphatic heterocycles. The molecule has 0 amide bonds. The number of carbonyl (C=O) groups is 1. The number of pyridine rings is 1. The summed E-state index contributed by atoms with van der Waals surface area (Å²) in [6, 6.07) is 1.95. The quantitative estimate of drug-likeness (QED) is 0.836. The Labute approximate surface area is 95.7 Å². The third-order valence-electron chi connectivity index (χ3n) is 2.87. The van der Waals surface area contributed by atoms with Gasteiger partial charge in [0.05, 0.1) is 5.69 Å². The lowest BCUT2D eigenvalue weighted by Crippen LogP contribution is -1.97. The first kappa shape index (κ1) is 9.59. The molecule has 0 unspecified atom stereocenters. The maximum atomic E-state index is 11.0. The Balaban J connectivity index is 2.33. The number of hydrogen-bond donors (Lipinski definition) is 2. The highest BCUT2D eigenvalue weighted by Gasteiger charge is 2.28. The van der Waals surface area contributed by atoms with E-state index in [-0.39, 0.29) is 4.88 Å². The average molecular weight is 234 g/mol. The van der Waals surface area contributed by atoms with Crippen LogP contribution >= 0.6 is 11.3 Å². The summed E-state index contributed by atoms with van der Waals surface area (Å²) in [6.07, 6.45) is 4.06. The minimum atomic E-state index is -0.970. The Morgan fingerprint density at radius 3 is 2.94 bits per heavy atom. The van der Waals surface area contributed by atoms with Crippen LogP contribution in [0, 0.1) is 0 Å². The van der Waals surface area contributed by atoms with Crippen molar-refractivity contribution < 1.29 is 9.90 Å². The van der Waals surface area contributed by atoms with Gasteiger partial charge in [-0.2, -0.15) is 0 Å². The summed E-state index contributed by atoms with van der Waals surface area (Å²) in [7, 11) is 0. The van der Waals surface area contributed by atoms with Crippen LogP contribution in [0.2, 0.25) is 0 Å². The van der Waals surface area contributed by atoms with Crippen LogP contribution in [0.25, 0.3) is 10.2 Å². The number of nitrogens with two attached hydrogens (primary N) is 1. The van der Waals surface area contributed by atoms with Crippen LogP contribution in [0.1, 0.15) is 34.0 Å². The molecule has 1 aliphatic rings. The van der Waals surface area contributed by atoms with Crippen LogP contribution in [0.5, 0.6) is 0 Å². The van der Waals surface area contributed by atoms with Crippen molar-refractivity contribution >= 4 is 33.2 Å². The van der Waals surface area contributed by atoms with Gasteiger partial charge in [-0.1, -0.05) is 0 Å². The molecule has 1 saturated carbocycles. The van der Waals surface area contributed by atoms with Crippen molar-refractivity contribution in [3.63, 3.8) is 0 Å². The molecule has 0 bridgehead atoms. The van der Waals surface area contributed by atoms with Crippen molar-refractivity contribution in [3.05, 3.63) is 22.7 Å². The van der Waals surface area contributed by atoms with Crippen LogP contribution in [0.3, 0.4) is 0 Å². The van der Waals surface area contributed by atoms with Crippen molar-refractivity contribution in [2.45, 2.75) is 18.8 Å².